The van der Waals surface area contributed by atoms with Crippen LogP contribution in [0.15, 0.2) is 59.2 Å². The van der Waals surface area contributed by atoms with Crippen LogP contribution in [0.1, 0.15) is 17.3 Å². The van der Waals surface area contributed by atoms with E-state index in [0.717, 1.165) is 17.9 Å². The van der Waals surface area contributed by atoms with Crippen molar-refractivity contribution in [2.45, 2.75) is 12.5 Å². The fourth-order valence-corrected chi connectivity index (χ4v) is 3.59. The number of hydrogen-bond donors (Lipinski definition) is 1. The highest BCUT2D eigenvalue weighted by Crippen LogP contribution is 2.30. The zero-order valence-electron chi connectivity index (χ0n) is 16.9. The van der Waals surface area contributed by atoms with Crippen LogP contribution in [0.2, 0.25) is 0 Å². The average Bonchev–Trinajstić information content (AvgIpc) is 3.22. The average molecular weight is 468 g/mol. The van der Waals surface area contributed by atoms with Crippen molar-refractivity contribution in [2.24, 2.45) is 0 Å². The Labute approximate surface area is 192 Å². The van der Waals surface area contributed by atoms with Gasteiger partial charge in [-0.05, 0) is 30.3 Å². The van der Waals surface area contributed by atoms with Crippen molar-refractivity contribution in [1.29, 1.82) is 0 Å². The minimum atomic E-state index is -0.322. The van der Waals surface area contributed by atoms with E-state index in [4.69, 9.17) is 9.15 Å². The van der Waals surface area contributed by atoms with Crippen LogP contribution >= 0.6 is 24.8 Å². The van der Waals surface area contributed by atoms with Gasteiger partial charge in [0.05, 0.1) is 25.3 Å². The molecule has 3 aromatic rings. The van der Waals surface area contributed by atoms with Crippen molar-refractivity contribution in [3.63, 3.8) is 0 Å². The Balaban J connectivity index is 0.00000171. The van der Waals surface area contributed by atoms with Crippen molar-refractivity contribution in [3.8, 4) is 17.2 Å². The lowest BCUT2D eigenvalue weighted by Crippen LogP contribution is -2.49. The maximum absolute atomic E-state index is 13.1. The first-order valence-corrected chi connectivity index (χ1v) is 9.49. The number of carbonyl (C=O) groups excluding carboxylic acids is 1. The SMILES string of the molecule is COc1ccccc1C1CNCCN1C(=O)Cc1coc(-c2ccc(F)cc2)n1.Cl.Cl. The summed E-state index contributed by atoms with van der Waals surface area (Å²) in [6.07, 6.45) is 1.62. The summed E-state index contributed by atoms with van der Waals surface area (Å²) in [5.74, 6) is 0.784. The molecule has 0 spiro atoms. The second kappa shape index (κ2) is 11.1. The van der Waals surface area contributed by atoms with Gasteiger partial charge < -0.3 is 19.4 Å². The third-order valence-corrected chi connectivity index (χ3v) is 5.04. The molecule has 1 amide bonds. The van der Waals surface area contributed by atoms with Crippen LogP contribution in [0.4, 0.5) is 4.39 Å². The van der Waals surface area contributed by atoms with Crippen molar-refractivity contribution >= 4 is 30.7 Å². The minimum absolute atomic E-state index is 0. The molecule has 166 valence electrons. The fraction of sp³-hybridized carbons (Fsp3) is 0.273. The molecule has 1 saturated heterocycles. The van der Waals surface area contributed by atoms with Gasteiger partial charge in [0, 0.05) is 30.8 Å². The molecule has 1 unspecified atom stereocenters. The van der Waals surface area contributed by atoms with E-state index in [0.29, 0.717) is 30.2 Å². The van der Waals surface area contributed by atoms with Gasteiger partial charge in [-0.1, -0.05) is 18.2 Å². The number of benzene rings is 2. The number of aromatic nitrogens is 1. The lowest BCUT2D eigenvalue weighted by Gasteiger charge is -2.37. The van der Waals surface area contributed by atoms with Crippen LogP contribution in [-0.4, -0.2) is 42.5 Å². The number of piperazine rings is 1. The molecular formula is C22H24Cl2FN3O3. The number of halogens is 3. The van der Waals surface area contributed by atoms with Crippen molar-refractivity contribution in [2.75, 3.05) is 26.7 Å². The Hall–Kier alpha value is -2.61. The maximum Gasteiger partial charge on any atom is 0.229 e. The molecule has 4 rings (SSSR count). The summed E-state index contributed by atoms with van der Waals surface area (Å²) in [5, 5.41) is 3.35. The predicted molar refractivity (Wildman–Crippen MR) is 120 cm³/mol. The summed E-state index contributed by atoms with van der Waals surface area (Å²) >= 11 is 0. The van der Waals surface area contributed by atoms with E-state index in [1.54, 1.807) is 19.2 Å². The number of hydrogen-bond acceptors (Lipinski definition) is 5. The molecule has 0 saturated carbocycles. The molecular weight excluding hydrogens is 444 g/mol. The largest absolute Gasteiger partial charge is 0.496 e. The molecule has 1 aliphatic heterocycles. The lowest BCUT2D eigenvalue weighted by atomic mass is 10.0. The summed E-state index contributed by atoms with van der Waals surface area (Å²) in [4.78, 5) is 19.3. The fourth-order valence-electron chi connectivity index (χ4n) is 3.59. The summed E-state index contributed by atoms with van der Waals surface area (Å²) in [5.41, 5.74) is 2.19. The maximum atomic E-state index is 13.1. The third-order valence-electron chi connectivity index (χ3n) is 5.04. The van der Waals surface area contributed by atoms with Gasteiger partial charge in [-0.2, -0.15) is 0 Å². The molecule has 1 N–H and O–H groups in total. The van der Waals surface area contributed by atoms with E-state index in [1.807, 2.05) is 29.2 Å². The molecule has 1 aliphatic rings. The Bertz CT molecular complexity index is 998. The third kappa shape index (κ3) is 5.55. The molecule has 9 heteroatoms. The molecule has 1 aromatic heterocycles. The second-order valence-electron chi connectivity index (χ2n) is 6.88. The van der Waals surface area contributed by atoms with Crippen molar-refractivity contribution < 1.29 is 18.3 Å². The zero-order chi connectivity index (χ0) is 20.2. The number of carbonyl (C=O) groups is 1. The van der Waals surface area contributed by atoms with E-state index >= 15 is 0 Å². The van der Waals surface area contributed by atoms with E-state index in [-0.39, 0.29) is 49.0 Å². The van der Waals surface area contributed by atoms with E-state index in [2.05, 4.69) is 10.3 Å². The highest BCUT2D eigenvalue weighted by Gasteiger charge is 2.30. The van der Waals surface area contributed by atoms with Gasteiger partial charge in [-0.25, -0.2) is 9.37 Å². The Morgan fingerprint density at radius 1 is 1.23 bits per heavy atom. The van der Waals surface area contributed by atoms with Gasteiger partial charge >= 0.3 is 0 Å². The van der Waals surface area contributed by atoms with E-state index < -0.39 is 0 Å². The Morgan fingerprint density at radius 3 is 2.71 bits per heavy atom. The molecule has 31 heavy (non-hydrogen) atoms. The second-order valence-corrected chi connectivity index (χ2v) is 6.88. The molecule has 0 bridgehead atoms. The van der Waals surface area contributed by atoms with E-state index in [9.17, 15) is 9.18 Å². The topological polar surface area (TPSA) is 67.6 Å². The molecule has 1 atom stereocenters. The van der Waals surface area contributed by atoms with Crippen LogP contribution in [0.3, 0.4) is 0 Å². The molecule has 1 fully saturated rings. The number of oxazole rings is 1. The first-order valence-electron chi connectivity index (χ1n) is 9.49. The number of nitrogens with one attached hydrogen (secondary N) is 1. The van der Waals surface area contributed by atoms with Gasteiger partial charge in [-0.15, -0.1) is 24.8 Å². The van der Waals surface area contributed by atoms with Crippen LogP contribution < -0.4 is 10.1 Å². The van der Waals surface area contributed by atoms with Gasteiger partial charge in [0.25, 0.3) is 0 Å². The highest BCUT2D eigenvalue weighted by molar-refractivity contribution is 5.85. The Kier molecular flexibility index (Phi) is 8.86. The smallest absolute Gasteiger partial charge is 0.229 e. The van der Waals surface area contributed by atoms with Crippen LogP contribution in [0.5, 0.6) is 5.75 Å². The van der Waals surface area contributed by atoms with Crippen LogP contribution in [0.25, 0.3) is 11.5 Å². The summed E-state index contributed by atoms with van der Waals surface area (Å²) in [7, 11) is 1.63. The monoisotopic (exact) mass is 467 g/mol. The van der Waals surface area contributed by atoms with Crippen molar-refractivity contribution in [1.82, 2.24) is 15.2 Å². The minimum Gasteiger partial charge on any atom is -0.496 e. The summed E-state index contributed by atoms with van der Waals surface area (Å²) in [6, 6.07) is 13.5. The first-order chi connectivity index (χ1) is 14.2. The zero-order valence-corrected chi connectivity index (χ0v) is 18.5. The van der Waals surface area contributed by atoms with Crippen LogP contribution in [-0.2, 0) is 11.2 Å². The number of nitrogens with zero attached hydrogens (tertiary/aromatic N) is 2. The predicted octanol–water partition coefficient (Wildman–Crippen LogP) is 4.05. The molecule has 2 heterocycles. The quantitative estimate of drug-likeness (QED) is 0.612. The molecule has 6 nitrogen and oxygen atoms in total. The summed E-state index contributed by atoms with van der Waals surface area (Å²) in [6.45, 7) is 1.99. The normalized spacial score (nSPS) is 15.5. The standard InChI is InChI=1S/C22H22FN3O3.2ClH/c1-28-20-5-3-2-4-18(20)19-13-24-10-11-26(19)21(27)12-17-14-29-22(25-17)15-6-8-16(23)9-7-15;;/h2-9,14,19,24H,10-13H2,1H3;2*1H. The van der Waals surface area contributed by atoms with Crippen molar-refractivity contribution in [3.05, 3.63) is 71.9 Å². The van der Waals surface area contributed by atoms with Gasteiger partial charge in [0.15, 0.2) is 0 Å². The Morgan fingerprint density at radius 2 is 1.97 bits per heavy atom. The molecule has 0 aliphatic carbocycles. The number of methoxy groups -OCH3 is 1. The molecule has 2 aromatic carbocycles. The van der Waals surface area contributed by atoms with Gasteiger partial charge in [-0.3, -0.25) is 4.79 Å². The highest BCUT2D eigenvalue weighted by atomic mass is 35.5. The number of ether oxygens (including phenoxy) is 1. The van der Waals surface area contributed by atoms with Gasteiger partial charge in [0.2, 0.25) is 11.8 Å². The number of amides is 1. The number of rotatable bonds is 5. The van der Waals surface area contributed by atoms with E-state index in [1.165, 1.54) is 18.4 Å². The first kappa shape index (κ1) is 24.7. The summed E-state index contributed by atoms with van der Waals surface area (Å²) < 4.78 is 24.1. The molecule has 0 radical (unpaired) electrons. The van der Waals surface area contributed by atoms with Gasteiger partial charge in [0.1, 0.15) is 17.8 Å². The number of para-hydroxylation sites is 1. The van der Waals surface area contributed by atoms with Crippen LogP contribution in [0, 0.1) is 5.82 Å². The lowest BCUT2D eigenvalue weighted by molar-refractivity contribution is -0.133.